The van der Waals surface area contributed by atoms with E-state index in [2.05, 4.69) is 25.3 Å². The predicted molar refractivity (Wildman–Crippen MR) is 182 cm³/mol. The van der Waals surface area contributed by atoms with Crippen molar-refractivity contribution in [2.24, 2.45) is 0 Å². The van der Waals surface area contributed by atoms with E-state index in [0.29, 0.717) is 36.0 Å². The van der Waals surface area contributed by atoms with Crippen LogP contribution in [-0.2, 0) is 38.3 Å². The van der Waals surface area contributed by atoms with Crippen molar-refractivity contribution in [2.45, 2.75) is 46.5 Å². The summed E-state index contributed by atoms with van der Waals surface area (Å²) < 4.78 is 26.2. The van der Waals surface area contributed by atoms with Gasteiger partial charge in [0, 0.05) is 36.2 Å². The molecule has 0 aliphatic carbocycles. The number of carbonyl (C=O) groups excluding carboxylic acids is 2. The Balaban J connectivity index is 1.61. The van der Waals surface area contributed by atoms with E-state index in [9.17, 15) is 9.59 Å². The minimum absolute atomic E-state index is 0.145. The fourth-order valence-electron chi connectivity index (χ4n) is 5.35. The van der Waals surface area contributed by atoms with E-state index < -0.39 is 11.9 Å². The topological polar surface area (TPSA) is 72.8 Å². The Bertz CT molecular complexity index is 1660. The van der Waals surface area contributed by atoms with E-state index >= 15 is 4.39 Å². The normalized spacial score (nSPS) is 10.8. The molecule has 6 heteroatoms. The summed E-state index contributed by atoms with van der Waals surface area (Å²) in [7, 11) is 0. The van der Waals surface area contributed by atoms with E-state index in [1.165, 1.54) is 0 Å². The van der Waals surface area contributed by atoms with Crippen LogP contribution in [0.5, 0.6) is 0 Å². The van der Waals surface area contributed by atoms with E-state index in [1.54, 1.807) is 26.0 Å². The molecule has 0 aliphatic rings. The number of ether oxygens (including phenoxy) is 2. The number of aliphatic hydroxyl groups is 1. The van der Waals surface area contributed by atoms with E-state index in [-0.39, 0.29) is 25.6 Å². The molecule has 0 atom stereocenters. The van der Waals surface area contributed by atoms with Gasteiger partial charge in [0.2, 0.25) is 0 Å². The van der Waals surface area contributed by atoms with Crippen LogP contribution in [0.25, 0.3) is 33.4 Å². The van der Waals surface area contributed by atoms with Crippen molar-refractivity contribution >= 4 is 11.9 Å². The molecular formula is C40H41FO5. The second-order valence-electron chi connectivity index (χ2n) is 11.6. The van der Waals surface area contributed by atoms with Gasteiger partial charge in [-0.3, -0.25) is 0 Å². The highest BCUT2D eigenvalue weighted by Crippen LogP contribution is 2.34. The number of rotatable bonds is 14. The number of aliphatic hydroxyl groups excluding tert-OH is 1. The summed E-state index contributed by atoms with van der Waals surface area (Å²) in [5.74, 6) is -1.17. The van der Waals surface area contributed by atoms with Crippen molar-refractivity contribution in [1.82, 2.24) is 0 Å². The number of hydrogen-bond donors (Lipinski definition) is 1. The molecule has 0 amide bonds. The zero-order valence-corrected chi connectivity index (χ0v) is 26.8. The number of aryl methyl sites for hydroxylation is 2. The molecule has 238 valence electrons. The summed E-state index contributed by atoms with van der Waals surface area (Å²) >= 11 is 0. The minimum Gasteiger partial charge on any atom is -0.462 e. The van der Waals surface area contributed by atoms with Gasteiger partial charge in [-0.25, -0.2) is 14.0 Å². The third-order valence-corrected chi connectivity index (χ3v) is 7.72. The maximum atomic E-state index is 15.3. The number of esters is 2. The van der Waals surface area contributed by atoms with Gasteiger partial charge in [-0.1, -0.05) is 91.5 Å². The molecule has 4 rings (SSSR count). The minimum atomic E-state index is -0.432. The fourth-order valence-corrected chi connectivity index (χ4v) is 5.35. The largest absolute Gasteiger partial charge is 0.462 e. The van der Waals surface area contributed by atoms with E-state index in [1.807, 2.05) is 61.5 Å². The molecule has 46 heavy (non-hydrogen) atoms. The van der Waals surface area contributed by atoms with Crippen LogP contribution in [0.4, 0.5) is 4.39 Å². The van der Waals surface area contributed by atoms with E-state index in [0.717, 1.165) is 56.5 Å². The lowest BCUT2D eigenvalue weighted by molar-refractivity contribution is -0.139. The van der Waals surface area contributed by atoms with Gasteiger partial charge < -0.3 is 14.6 Å². The molecular weight excluding hydrogens is 579 g/mol. The van der Waals surface area contributed by atoms with Gasteiger partial charge in [-0.05, 0) is 84.2 Å². The van der Waals surface area contributed by atoms with E-state index in [4.69, 9.17) is 14.6 Å². The summed E-state index contributed by atoms with van der Waals surface area (Å²) in [5.41, 5.74) is 9.73. The summed E-state index contributed by atoms with van der Waals surface area (Å²) in [6, 6.07) is 25.1. The average Bonchev–Trinajstić information content (AvgIpc) is 3.04. The maximum absolute atomic E-state index is 15.3. The van der Waals surface area contributed by atoms with Gasteiger partial charge in [0.05, 0.1) is 13.2 Å². The third kappa shape index (κ3) is 8.89. The number of halogens is 1. The van der Waals surface area contributed by atoms with Gasteiger partial charge in [0.25, 0.3) is 0 Å². The molecule has 0 radical (unpaired) electrons. The monoisotopic (exact) mass is 620 g/mol. The summed E-state index contributed by atoms with van der Waals surface area (Å²) in [6.45, 7) is 13.1. The molecule has 0 spiro atoms. The zero-order chi connectivity index (χ0) is 33.2. The van der Waals surface area contributed by atoms with Crippen LogP contribution in [-0.4, -0.2) is 36.9 Å². The average molecular weight is 621 g/mol. The Morgan fingerprint density at radius 3 is 1.70 bits per heavy atom. The van der Waals surface area contributed by atoms with Crippen molar-refractivity contribution in [3.05, 3.63) is 131 Å². The molecule has 0 fully saturated rings. The number of carbonyl (C=O) groups is 2. The number of benzene rings is 4. The first-order chi connectivity index (χ1) is 22.1. The molecule has 0 aliphatic heterocycles. The van der Waals surface area contributed by atoms with Crippen molar-refractivity contribution in [3.8, 4) is 33.4 Å². The standard InChI is InChI=1S/C40H41FO5/c1-26(2)39(43)45-21-18-34-23-28(5)24-35(19-22-46-40(44)27(3)4)38(34)32-14-12-30(13-15-32)33-16-17-36(37(41)25-33)31-10-8-29(9-11-31)7-6-20-42/h8-17,23-25,42H,1,3,6-7,18-22H2,2,4-5H3. The van der Waals surface area contributed by atoms with Gasteiger partial charge in [0.15, 0.2) is 0 Å². The Morgan fingerprint density at radius 2 is 1.20 bits per heavy atom. The Morgan fingerprint density at radius 1 is 0.696 bits per heavy atom. The molecule has 4 aromatic carbocycles. The molecule has 0 bridgehead atoms. The Labute approximate surface area is 271 Å². The van der Waals surface area contributed by atoms with Gasteiger partial charge in [0.1, 0.15) is 5.82 Å². The lowest BCUT2D eigenvalue weighted by Gasteiger charge is -2.18. The maximum Gasteiger partial charge on any atom is 0.333 e. The predicted octanol–water partition coefficient (Wildman–Crippen LogP) is 8.38. The SMILES string of the molecule is C=C(C)C(=O)OCCc1cc(C)cc(CCOC(=O)C(=C)C)c1-c1ccc(-c2ccc(-c3ccc(CCCO)cc3)c(F)c2)cc1. The quantitative estimate of drug-likeness (QED) is 0.113. The molecule has 1 N–H and O–H groups in total. The molecule has 4 aromatic rings. The zero-order valence-electron chi connectivity index (χ0n) is 26.8. The molecule has 0 heterocycles. The summed E-state index contributed by atoms with van der Waals surface area (Å²) in [5, 5.41) is 9.07. The third-order valence-electron chi connectivity index (χ3n) is 7.72. The second-order valence-corrected chi connectivity index (χ2v) is 11.6. The van der Waals surface area contributed by atoms with Crippen molar-refractivity contribution < 1.29 is 28.6 Å². The lowest BCUT2D eigenvalue weighted by Crippen LogP contribution is -2.11. The van der Waals surface area contributed by atoms with Crippen LogP contribution >= 0.6 is 0 Å². The molecule has 0 unspecified atom stereocenters. The lowest BCUT2D eigenvalue weighted by atomic mass is 9.89. The van der Waals surface area contributed by atoms with Crippen LogP contribution in [0.3, 0.4) is 0 Å². The highest BCUT2D eigenvalue weighted by atomic mass is 19.1. The highest BCUT2D eigenvalue weighted by Gasteiger charge is 2.16. The van der Waals surface area contributed by atoms with Gasteiger partial charge >= 0.3 is 11.9 Å². The second kappa shape index (κ2) is 16.0. The molecule has 0 saturated heterocycles. The van der Waals surface area contributed by atoms with Gasteiger partial charge in [-0.2, -0.15) is 0 Å². The van der Waals surface area contributed by atoms with Crippen molar-refractivity contribution in [3.63, 3.8) is 0 Å². The van der Waals surface area contributed by atoms with Gasteiger partial charge in [-0.15, -0.1) is 0 Å². The molecule has 0 saturated carbocycles. The van der Waals surface area contributed by atoms with Crippen LogP contribution < -0.4 is 0 Å². The smallest absolute Gasteiger partial charge is 0.333 e. The Kier molecular flexibility index (Phi) is 11.8. The molecule has 5 nitrogen and oxygen atoms in total. The van der Waals surface area contributed by atoms with Crippen molar-refractivity contribution in [1.29, 1.82) is 0 Å². The molecule has 0 aromatic heterocycles. The highest BCUT2D eigenvalue weighted by molar-refractivity contribution is 5.87. The first-order valence-corrected chi connectivity index (χ1v) is 15.5. The van der Waals surface area contributed by atoms with Crippen molar-refractivity contribution in [2.75, 3.05) is 19.8 Å². The Hall–Kier alpha value is -4.81. The first-order valence-electron chi connectivity index (χ1n) is 15.5. The van der Waals surface area contributed by atoms with Crippen LogP contribution in [0, 0.1) is 12.7 Å². The van der Waals surface area contributed by atoms with Crippen LogP contribution in [0.2, 0.25) is 0 Å². The summed E-state index contributed by atoms with van der Waals surface area (Å²) in [6.07, 6.45) is 2.46. The number of hydrogen-bond acceptors (Lipinski definition) is 5. The summed E-state index contributed by atoms with van der Waals surface area (Å²) in [4.78, 5) is 24.0. The fraction of sp³-hybridized carbons (Fsp3) is 0.250. The van der Waals surface area contributed by atoms with Crippen LogP contribution in [0.15, 0.2) is 103 Å². The first kappa shape index (κ1) is 34.1. The van der Waals surface area contributed by atoms with Crippen LogP contribution in [0.1, 0.15) is 42.5 Å².